The third kappa shape index (κ3) is 4.28. The molecule has 0 bridgehead atoms. The molecule has 0 saturated heterocycles. The maximum atomic E-state index is 10.2. The minimum Gasteiger partial charge on any atom is -0.192 e. The van der Waals surface area contributed by atoms with Crippen molar-refractivity contribution in [2.24, 2.45) is 0 Å². The molecule has 0 spiro atoms. The first-order chi connectivity index (χ1) is 24.6. The fourth-order valence-corrected chi connectivity index (χ4v) is 7.97. The highest BCUT2D eigenvalue weighted by Gasteiger charge is 2.35. The van der Waals surface area contributed by atoms with Gasteiger partial charge in [-0.25, -0.2) is 0 Å². The van der Waals surface area contributed by atoms with E-state index in [0.717, 1.165) is 95.8 Å². The molecule has 0 amide bonds. The zero-order valence-electron chi connectivity index (χ0n) is 26.8. The molecule has 0 aromatic heterocycles. The van der Waals surface area contributed by atoms with Crippen molar-refractivity contribution in [2.45, 2.75) is 12.8 Å². The van der Waals surface area contributed by atoms with Gasteiger partial charge in [-0.3, -0.25) is 0 Å². The molecule has 50 heavy (non-hydrogen) atoms. The Balaban J connectivity index is 1.24. The van der Waals surface area contributed by atoms with E-state index in [-0.39, 0.29) is 11.1 Å². The maximum Gasteiger partial charge on any atom is 0.138 e. The Morgan fingerprint density at radius 3 is 1.62 bits per heavy atom. The second-order valence-corrected chi connectivity index (χ2v) is 12.8. The molecule has 0 heterocycles. The van der Waals surface area contributed by atoms with Crippen LogP contribution in [0.2, 0.25) is 0 Å². The third-order valence-corrected chi connectivity index (χ3v) is 10.3. The summed E-state index contributed by atoms with van der Waals surface area (Å²) in [6.07, 6.45) is 3.72. The van der Waals surface area contributed by atoms with E-state index in [9.17, 15) is 21.0 Å². The van der Waals surface area contributed by atoms with Crippen molar-refractivity contribution in [1.82, 2.24) is 0 Å². The minimum absolute atomic E-state index is 0.0288. The summed E-state index contributed by atoms with van der Waals surface area (Å²) in [4.78, 5) is 0. The fourth-order valence-electron chi connectivity index (χ4n) is 7.97. The van der Waals surface area contributed by atoms with Crippen LogP contribution in [0.3, 0.4) is 0 Å². The van der Waals surface area contributed by atoms with Crippen LogP contribution in [0.15, 0.2) is 138 Å². The van der Waals surface area contributed by atoms with Crippen molar-refractivity contribution in [3.8, 4) is 46.5 Å². The Bertz CT molecular complexity index is 2820. The van der Waals surface area contributed by atoms with Crippen LogP contribution >= 0.6 is 0 Å². The summed E-state index contributed by atoms with van der Waals surface area (Å²) in [6.45, 7) is 0. The van der Waals surface area contributed by atoms with E-state index in [1.807, 2.05) is 30.3 Å². The van der Waals surface area contributed by atoms with Crippen LogP contribution < -0.4 is 0 Å². The molecule has 6 aromatic rings. The Morgan fingerprint density at radius 2 is 0.940 bits per heavy atom. The van der Waals surface area contributed by atoms with Crippen LogP contribution in [0.5, 0.6) is 0 Å². The lowest BCUT2D eigenvalue weighted by Crippen LogP contribution is -1.96. The van der Waals surface area contributed by atoms with Gasteiger partial charge in [-0.15, -0.1) is 0 Å². The standard InChI is InChI=1S/C46H24N4/c47-23-35(24-48)45-41-19-33(31-11-9-27-5-1-3-7-29(27)17-31)13-15-37(41)39-21-40-38-16-14-34(32-12-10-28-6-2-4-8-30(28)18-32)20-42(38)46(36(25-49)26-50)44(40)22-43(39)45/h1-13,15,17-22H,14,16H2. The molecule has 3 aliphatic rings. The number of allylic oxidation sites excluding steroid dienone is 7. The molecule has 9 rings (SSSR count). The van der Waals surface area contributed by atoms with Crippen molar-refractivity contribution in [3.05, 3.63) is 166 Å². The normalized spacial score (nSPS) is 13.7. The van der Waals surface area contributed by atoms with Gasteiger partial charge in [0.05, 0.1) is 0 Å². The molecule has 4 heteroatoms. The van der Waals surface area contributed by atoms with Crippen molar-refractivity contribution in [2.75, 3.05) is 0 Å². The smallest absolute Gasteiger partial charge is 0.138 e. The summed E-state index contributed by atoms with van der Waals surface area (Å²) in [6, 6.07) is 48.4. The second kappa shape index (κ2) is 11.2. The first-order valence-electron chi connectivity index (χ1n) is 16.5. The average molecular weight is 633 g/mol. The van der Waals surface area contributed by atoms with Gasteiger partial charge in [0.15, 0.2) is 0 Å². The van der Waals surface area contributed by atoms with Crippen LogP contribution in [0.1, 0.15) is 40.7 Å². The zero-order chi connectivity index (χ0) is 33.9. The number of hydrogen-bond donors (Lipinski definition) is 0. The van der Waals surface area contributed by atoms with Gasteiger partial charge < -0.3 is 0 Å². The van der Waals surface area contributed by atoms with Crippen molar-refractivity contribution in [1.29, 1.82) is 21.0 Å². The minimum atomic E-state index is 0.0288. The Morgan fingerprint density at radius 1 is 0.420 bits per heavy atom. The molecule has 0 N–H and O–H groups in total. The van der Waals surface area contributed by atoms with Gasteiger partial charge >= 0.3 is 0 Å². The molecule has 0 radical (unpaired) electrons. The molecule has 0 unspecified atom stereocenters. The van der Waals surface area contributed by atoms with E-state index < -0.39 is 0 Å². The highest BCUT2D eigenvalue weighted by molar-refractivity contribution is 6.12. The first kappa shape index (κ1) is 28.9. The fraction of sp³-hybridized carbons (Fsp3) is 0.0435. The molecule has 0 saturated carbocycles. The van der Waals surface area contributed by atoms with Gasteiger partial charge in [0.1, 0.15) is 35.4 Å². The number of nitrogens with zero attached hydrogens (tertiary/aromatic N) is 4. The molecule has 228 valence electrons. The lowest BCUT2D eigenvalue weighted by atomic mass is 9.86. The number of hydrogen-bond acceptors (Lipinski definition) is 4. The van der Waals surface area contributed by atoms with E-state index >= 15 is 0 Å². The lowest BCUT2D eigenvalue weighted by Gasteiger charge is -2.17. The predicted molar refractivity (Wildman–Crippen MR) is 198 cm³/mol. The van der Waals surface area contributed by atoms with Gasteiger partial charge in [0.2, 0.25) is 0 Å². The Labute approximate surface area is 289 Å². The summed E-state index contributed by atoms with van der Waals surface area (Å²) in [5.41, 5.74) is 12.9. The van der Waals surface area contributed by atoms with Gasteiger partial charge in [0.25, 0.3) is 0 Å². The number of benzene rings is 6. The van der Waals surface area contributed by atoms with E-state index in [1.54, 1.807) is 0 Å². The maximum absolute atomic E-state index is 10.2. The highest BCUT2D eigenvalue weighted by atomic mass is 14.4. The summed E-state index contributed by atoms with van der Waals surface area (Å²) < 4.78 is 0. The molecule has 6 aromatic carbocycles. The van der Waals surface area contributed by atoms with Crippen LogP contribution in [0.25, 0.3) is 66.1 Å². The Hall–Kier alpha value is -7.24. The molecule has 0 fully saturated rings. The number of rotatable bonds is 2. The molecule has 3 aliphatic carbocycles. The van der Waals surface area contributed by atoms with Crippen LogP contribution in [0, 0.1) is 45.3 Å². The van der Waals surface area contributed by atoms with E-state index in [2.05, 4.69) is 115 Å². The highest BCUT2D eigenvalue weighted by Crippen LogP contribution is 2.55. The topological polar surface area (TPSA) is 95.2 Å². The van der Waals surface area contributed by atoms with Crippen molar-refractivity contribution < 1.29 is 0 Å². The van der Waals surface area contributed by atoms with Crippen molar-refractivity contribution in [3.63, 3.8) is 0 Å². The third-order valence-electron chi connectivity index (χ3n) is 10.3. The predicted octanol–water partition coefficient (Wildman–Crippen LogP) is 10.9. The van der Waals surface area contributed by atoms with Crippen molar-refractivity contribution >= 4 is 43.8 Å². The molecular weight excluding hydrogens is 609 g/mol. The molecular formula is C46H24N4. The molecule has 0 aliphatic heterocycles. The van der Waals surface area contributed by atoms with Gasteiger partial charge in [-0.2, -0.15) is 21.0 Å². The SMILES string of the molecule is N#CC(C#N)=C1C2=C(CCC(c3ccc4ccccc4c3)=C2)c2cc3c(cc21)C(=C(C#N)C#N)c1cc(-c2ccc4ccccc4c2)ccc1-3. The monoisotopic (exact) mass is 632 g/mol. The largest absolute Gasteiger partial charge is 0.192 e. The molecule has 4 nitrogen and oxygen atoms in total. The summed E-state index contributed by atoms with van der Waals surface area (Å²) in [7, 11) is 0. The average Bonchev–Trinajstić information content (AvgIpc) is 3.65. The van der Waals surface area contributed by atoms with Gasteiger partial charge in [0, 0.05) is 11.1 Å². The lowest BCUT2D eigenvalue weighted by molar-refractivity contribution is 1.07. The first-order valence-corrected chi connectivity index (χ1v) is 16.5. The van der Waals surface area contributed by atoms with E-state index in [0.29, 0.717) is 11.1 Å². The van der Waals surface area contributed by atoms with Gasteiger partial charge in [-0.1, -0.05) is 91.0 Å². The summed E-state index contributed by atoms with van der Waals surface area (Å²) in [5, 5.41) is 45.4. The quantitative estimate of drug-likeness (QED) is 0.177. The van der Waals surface area contributed by atoms with Crippen LogP contribution in [0.4, 0.5) is 0 Å². The van der Waals surface area contributed by atoms with Crippen LogP contribution in [-0.4, -0.2) is 0 Å². The summed E-state index contributed by atoms with van der Waals surface area (Å²) >= 11 is 0. The van der Waals surface area contributed by atoms with Gasteiger partial charge in [-0.05, 0) is 132 Å². The zero-order valence-corrected chi connectivity index (χ0v) is 26.8. The molecule has 0 atom stereocenters. The van der Waals surface area contributed by atoms with Crippen LogP contribution in [-0.2, 0) is 0 Å². The van der Waals surface area contributed by atoms with E-state index in [1.165, 1.54) is 5.39 Å². The number of fused-ring (bicyclic) bond motifs is 7. The number of nitriles is 4. The Kier molecular flexibility index (Phi) is 6.47. The summed E-state index contributed by atoms with van der Waals surface area (Å²) in [5.74, 6) is 0. The second-order valence-electron chi connectivity index (χ2n) is 12.8. The van der Waals surface area contributed by atoms with E-state index in [4.69, 9.17) is 0 Å².